The van der Waals surface area contributed by atoms with Gasteiger partial charge in [-0.3, -0.25) is 4.79 Å². The molecular formula is C15H13FN4O. The summed E-state index contributed by atoms with van der Waals surface area (Å²) in [6.45, 7) is 1.89. The SMILES string of the molecule is Cc1ccc2c(NC(=O)c3ccc(F)cc3)nn(C)c2n1. The van der Waals surface area contributed by atoms with Crippen molar-refractivity contribution in [3.8, 4) is 0 Å². The van der Waals surface area contributed by atoms with Crippen molar-refractivity contribution in [2.24, 2.45) is 7.05 Å². The lowest BCUT2D eigenvalue weighted by molar-refractivity contribution is 0.102. The first-order chi connectivity index (χ1) is 10.0. The minimum atomic E-state index is -0.380. The number of pyridine rings is 1. The third-order valence-electron chi connectivity index (χ3n) is 3.16. The fourth-order valence-electron chi connectivity index (χ4n) is 2.10. The van der Waals surface area contributed by atoms with Gasteiger partial charge in [-0.2, -0.15) is 5.10 Å². The van der Waals surface area contributed by atoms with Gasteiger partial charge in [0.05, 0.1) is 5.39 Å². The van der Waals surface area contributed by atoms with Crippen LogP contribution in [-0.2, 0) is 7.05 Å². The molecule has 6 heteroatoms. The monoisotopic (exact) mass is 284 g/mol. The van der Waals surface area contributed by atoms with Gasteiger partial charge in [0.1, 0.15) is 5.82 Å². The number of hydrogen-bond donors (Lipinski definition) is 1. The summed E-state index contributed by atoms with van der Waals surface area (Å²) in [5.74, 6) is -0.278. The Morgan fingerprint density at radius 3 is 2.62 bits per heavy atom. The first-order valence-corrected chi connectivity index (χ1v) is 6.42. The van der Waals surface area contributed by atoms with Gasteiger partial charge in [0, 0.05) is 18.3 Å². The number of anilines is 1. The highest BCUT2D eigenvalue weighted by atomic mass is 19.1. The molecule has 0 saturated heterocycles. The largest absolute Gasteiger partial charge is 0.305 e. The molecule has 0 fully saturated rings. The summed E-state index contributed by atoms with van der Waals surface area (Å²) in [4.78, 5) is 16.5. The zero-order chi connectivity index (χ0) is 15.0. The molecule has 0 aliphatic heterocycles. The summed E-state index contributed by atoms with van der Waals surface area (Å²) in [5, 5.41) is 7.75. The molecule has 5 nitrogen and oxygen atoms in total. The van der Waals surface area contributed by atoms with E-state index in [-0.39, 0.29) is 11.7 Å². The van der Waals surface area contributed by atoms with Crippen LogP contribution < -0.4 is 5.32 Å². The quantitative estimate of drug-likeness (QED) is 0.787. The van der Waals surface area contributed by atoms with E-state index in [9.17, 15) is 9.18 Å². The second kappa shape index (κ2) is 4.97. The van der Waals surface area contributed by atoms with Crippen LogP contribution in [0.2, 0.25) is 0 Å². The lowest BCUT2D eigenvalue weighted by atomic mass is 10.2. The van der Waals surface area contributed by atoms with E-state index in [1.54, 1.807) is 11.7 Å². The number of aryl methyl sites for hydroxylation is 2. The molecule has 3 rings (SSSR count). The zero-order valence-electron chi connectivity index (χ0n) is 11.6. The molecular weight excluding hydrogens is 271 g/mol. The van der Waals surface area contributed by atoms with E-state index in [1.807, 2.05) is 19.1 Å². The number of benzene rings is 1. The van der Waals surface area contributed by atoms with E-state index in [4.69, 9.17) is 0 Å². The zero-order valence-corrected chi connectivity index (χ0v) is 11.6. The summed E-state index contributed by atoms with van der Waals surface area (Å²) in [5.41, 5.74) is 1.95. The molecule has 0 unspecified atom stereocenters. The number of fused-ring (bicyclic) bond motifs is 1. The molecule has 21 heavy (non-hydrogen) atoms. The third kappa shape index (κ3) is 2.47. The standard InChI is InChI=1S/C15H13FN4O/c1-9-3-8-12-13(19-20(2)14(12)17-9)18-15(21)10-4-6-11(16)7-5-10/h3-8H,1-2H3,(H,18,19,21). The van der Waals surface area contributed by atoms with Crippen LogP contribution in [0.5, 0.6) is 0 Å². The summed E-state index contributed by atoms with van der Waals surface area (Å²) in [6.07, 6.45) is 0. The summed E-state index contributed by atoms with van der Waals surface area (Å²) in [7, 11) is 1.77. The highest BCUT2D eigenvalue weighted by Gasteiger charge is 2.13. The van der Waals surface area contributed by atoms with Crippen LogP contribution in [0.15, 0.2) is 36.4 Å². The van der Waals surface area contributed by atoms with Crippen LogP contribution in [0.1, 0.15) is 16.1 Å². The van der Waals surface area contributed by atoms with Crippen molar-refractivity contribution in [3.63, 3.8) is 0 Å². The Morgan fingerprint density at radius 1 is 1.19 bits per heavy atom. The highest BCUT2D eigenvalue weighted by Crippen LogP contribution is 2.21. The molecule has 106 valence electrons. The molecule has 1 aromatic carbocycles. The molecule has 2 heterocycles. The topological polar surface area (TPSA) is 59.8 Å². The summed E-state index contributed by atoms with van der Waals surface area (Å²) < 4.78 is 14.5. The summed E-state index contributed by atoms with van der Waals surface area (Å²) >= 11 is 0. The molecule has 0 bridgehead atoms. The molecule has 0 spiro atoms. The minimum absolute atomic E-state index is 0.337. The van der Waals surface area contributed by atoms with Crippen molar-refractivity contribution in [2.75, 3.05) is 5.32 Å². The van der Waals surface area contributed by atoms with Gasteiger partial charge in [0.2, 0.25) is 0 Å². The van der Waals surface area contributed by atoms with Crippen molar-refractivity contribution >= 4 is 22.8 Å². The number of hydrogen-bond acceptors (Lipinski definition) is 3. The normalized spacial score (nSPS) is 10.8. The van der Waals surface area contributed by atoms with Crippen molar-refractivity contribution in [1.29, 1.82) is 0 Å². The van der Waals surface area contributed by atoms with Crippen LogP contribution in [0, 0.1) is 12.7 Å². The van der Waals surface area contributed by atoms with Crippen molar-refractivity contribution in [2.45, 2.75) is 6.92 Å². The lowest BCUT2D eigenvalue weighted by Gasteiger charge is -2.02. The molecule has 0 saturated carbocycles. The van der Waals surface area contributed by atoms with E-state index in [2.05, 4.69) is 15.4 Å². The van der Waals surface area contributed by atoms with Crippen molar-refractivity contribution in [1.82, 2.24) is 14.8 Å². The van der Waals surface area contributed by atoms with Gasteiger partial charge >= 0.3 is 0 Å². The fraction of sp³-hybridized carbons (Fsp3) is 0.133. The smallest absolute Gasteiger partial charge is 0.256 e. The second-order valence-electron chi connectivity index (χ2n) is 4.76. The van der Waals surface area contributed by atoms with E-state index in [0.29, 0.717) is 17.0 Å². The van der Waals surface area contributed by atoms with Gasteiger partial charge in [-0.05, 0) is 43.3 Å². The van der Waals surface area contributed by atoms with Gasteiger partial charge in [0.25, 0.3) is 5.91 Å². The first-order valence-electron chi connectivity index (χ1n) is 6.42. The number of halogens is 1. The minimum Gasteiger partial charge on any atom is -0.305 e. The highest BCUT2D eigenvalue weighted by molar-refractivity contribution is 6.07. The lowest BCUT2D eigenvalue weighted by Crippen LogP contribution is -2.12. The number of aromatic nitrogens is 3. The van der Waals surface area contributed by atoms with Crippen LogP contribution in [-0.4, -0.2) is 20.7 Å². The van der Waals surface area contributed by atoms with Crippen LogP contribution in [0.4, 0.5) is 10.2 Å². The van der Waals surface area contributed by atoms with E-state index in [1.165, 1.54) is 24.3 Å². The number of amides is 1. The molecule has 2 aromatic heterocycles. The Balaban J connectivity index is 1.95. The average molecular weight is 284 g/mol. The fourth-order valence-corrected chi connectivity index (χ4v) is 2.10. The van der Waals surface area contributed by atoms with Gasteiger partial charge in [-0.1, -0.05) is 0 Å². The molecule has 1 amide bonds. The molecule has 0 radical (unpaired) electrons. The number of carbonyl (C=O) groups excluding carboxylic acids is 1. The Bertz CT molecular complexity index is 824. The Morgan fingerprint density at radius 2 is 1.90 bits per heavy atom. The maximum atomic E-state index is 12.9. The number of rotatable bonds is 2. The Kier molecular flexibility index (Phi) is 3.13. The van der Waals surface area contributed by atoms with E-state index >= 15 is 0 Å². The summed E-state index contributed by atoms with van der Waals surface area (Å²) in [6, 6.07) is 9.08. The van der Waals surface area contributed by atoms with Gasteiger partial charge in [-0.25, -0.2) is 14.1 Å². The maximum absolute atomic E-state index is 12.9. The van der Waals surface area contributed by atoms with Crippen LogP contribution in [0.25, 0.3) is 11.0 Å². The average Bonchev–Trinajstić information content (AvgIpc) is 2.75. The predicted octanol–water partition coefficient (Wildman–Crippen LogP) is 2.67. The molecule has 3 aromatic rings. The molecule has 0 aliphatic rings. The predicted molar refractivity (Wildman–Crippen MR) is 77.6 cm³/mol. The number of nitrogens with one attached hydrogen (secondary N) is 1. The van der Waals surface area contributed by atoms with Crippen molar-refractivity contribution < 1.29 is 9.18 Å². The van der Waals surface area contributed by atoms with Crippen molar-refractivity contribution in [3.05, 3.63) is 53.5 Å². The third-order valence-corrected chi connectivity index (χ3v) is 3.16. The first kappa shape index (κ1) is 13.2. The number of nitrogens with zero attached hydrogens (tertiary/aromatic N) is 3. The number of carbonyl (C=O) groups is 1. The van der Waals surface area contributed by atoms with E-state index in [0.717, 1.165) is 11.1 Å². The molecule has 0 atom stereocenters. The van der Waals surface area contributed by atoms with Crippen LogP contribution >= 0.6 is 0 Å². The maximum Gasteiger partial charge on any atom is 0.256 e. The van der Waals surface area contributed by atoms with Crippen LogP contribution in [0.3, 0.4) is 0 Å². The van der Waals surface area contributed by atoms with Gasteiger partial charge in [-0.15, -0.1) is 0 Å². The second-order valence-corrected chi connectivity index (χ2v) is 4.76. The molecule has 1 N–H and O–H groups in total. The van der Waals surface area contributed by atoms with E-state index < -0.39 is 0 Å². The van der Waals surface area contributed by atoms with Gasteiger partial charge < -0.3 is 5.32 Å². The molecule has 0 aliphatic carbocycles. The Labute approximate surface area is 120 Å². The van der Waals surface area contributed by atoms with Gasteiger partial charge in [0.15, 0.2) is 11.5 Å². The Hall–Kier alpha value is -2.76.